The van der Waals surface area contributed by atoms with Gasteiger partial charge in [0.15, 0.2) is 0 Å². The molecule has 1 N–H and O–H groups in total. The summed E-state index contributed by atoms with van der Waals surface area (Å²) < 4.78 is 60.6. The Morgan fingerprint density at radius 3 is 2.88 bits per heavy atom. The molecule has 0 radical (unpaired) electrons. The van der Waals surface area contributed by atoms with Crippen LogP contribution in [-0.4, -0.2) is 53.1 Å². The van der Waals surface area contributed by atoms with E-state index in [-0.39, 0.29) is 36.1 Å². The molecule has 5 rings (SSSR count). The highest BCUT2D eigenvalue weighted by Gasteiger charge is 2.45. The highest BCUT2D eigenvalue weighted by atomic mass is 19.4. The van der Waals surface area contributed by atoms with Crippen molar-refractivity contribution in [3.63, 3.8) is 0 Å². The first-order valence-corrected chi connectivity index (χ1v) is 11.1. The van der Waals surface area contributed by atoms with Crippen LogP contribution < -0.4 is 5.32 Å². The Hall–Kier alpha value is -3.18. The third-order valence-corrected chi connectivity index (χ3v) is 5.86. The highest BCUT2D eigenvalue weighted by Crippen LogP contribution is 2.46. The zero-order chi connectivity index (χ0) is 23.7. The van der Waals surface area contributed by atoms with Crippen LogP contribution in [0.1, 0.15) is 33.0 Å². The lowest BCUT2D eigenvalue weighted by molar-refractivity contribution is -0.137. The quantitative estimate of drug-likeness (QED) is 0.588. The number of carbonyl (C=O) groups excluding carboxylic acids is 1. The molecule has 3 aromatic heterocycles. The number of halogens is 3. The van der Waals surface area contributed by atoms with Gasteiger partial charge in [0.1, 0.15) is 17.4 Å². The first-order chi connectivity index (χ1) is 16.4. The summed E-state index contributed by atoms with van der Waals surface area (Å²) in [5, 5.41) is 6.95. The van der Waals surface area contributed by atoms with Crippen molar-refractivity contribution >= 4 is 5.91 Å². The van der Waals surface area contributed by atoms with Gasteiger partial charge in [-0.1, -0.05) is 6.07 Å². The molecule has 11 heteroatoms. The number of carbonyl (C=O) groups is 1. The average molecular weight is 476 g/mol. The van der Waals surface area contributed by atoms with E-state index in [9.17, 15) is 18.0 Å². The number of pyridine rings is 1. The summed E-state index contributed by atoms with van der Waals surface area (Å²) in [6, 6.07) is 3.58. The standard InChI is InChI=1S/C23H23F3N4O4/c24-23(25,26)19-18-17(34-21(19)22(31)28-7-5-14-2-1-6-27-10-14)4-3-15-11-30(29-20(15)18)12-16-13-32-8-9-33-16/h1-2,6,10-11,16H,3-5,7-9,12-13H2,(H,28,31)/t16-/m0/s1. The summed E-state index contributed by atoms with van der Waals surface area (Å²) in [6.45, 7) is 1.90. The van der Waals surface area contributed by atoms with E-state index in [1.807, 2.05) is 6.07 Å². The van der Waals surface area contributed by atoms with Crippen LogP contribution in [0.25, 0.3) is 11.3 Å². The van der Waals surface area contributed by atoms with Gasteiger partial charge < -0.3 is 19.2 Å². The minimum absolute atomic E-state index is 0.125. The Morgan fingerprint density at radius 2 is 2.15 bits per heavy atom. The average Bonchev–Trinajstić information content (AvgIpc) is 3.41. The summed E-state index contributed by atoms with van der Waals surface area (Å²) >= 11 is 0. The third-order valence-electron chi connectivity index (χ3n) is 5.86. The Morgan fingerprint density at radius 1 is 1.26 bits per heavy atom. The van der Waals surface area contributed by atoms with Crippen LogP contribution in [0.15, 0.2) is 35.1 Å². The topological polar surface area (TPSA) is 91.4 Å². The molecule has 180 valence electrons. The third kappa shape index (κ3) is 4.58. The summed E-state index contributed by atoms with van der Waals surface area (Å²) in [7, 11) is 0. The van der Waals surface area contributed by atoms with Crippen LogP contribution in [0.2, 0.25) is 0 Å². The molecular formula is C23H23F3N4O4. The van der Waals surface area contributed by atoms with Crippen LogP contribution >= 0.6 is 0 Å². The molecule has 1 atom stereocenters. The number of ether oxygens (including phenoxy) is 2. The predicted octanol–water partition coefficient (Wildman–Crippen LogP) is 3.04. The van der Waals surface area contributed by atoms with E-state index in [1.165, 1.54) is 0 Å². The maximum absolute atomic E-state index is 14.2. The smallest absolute Gasteiger partial charge is 0.420 e. The summed E-state index contributed by atoms with van der Waals surface area (Å²) in [4.78, 5) is 16.7. The van der Waals surface area contributed by atoms with Crippen molar-refractivity contribution in [2.24, 2.45) is 0 Å². The van der Waals surface area contributed by atoms with Crippen molar-refractivity contribution in [1.82, 2.24) is 20.1 Å². The number of hydrogen-bond donors (Lipinski definition) is 1. The highest BCUT2D eigenvalue weighted by molar-refractivity contribution is 5.96. The molecule has 8 nitrogen and oxygen atoms in total. The minimum Gasteiger partial charge on any atom is -0.455 e. The van der Waals surface area contributed by atoms with Crippen molar-refractivity contribution in [3.05, 3.63) is 58.9 Å². The van der Waals surface area contributed by atoms with Crippen molar-refractivity contribution in [1.29, 1.82) is 0 Å². The van der Waals surface area contributed by atoms with Crippen molar-refractivity contribution in [2.45, 2.75) is 38.1 Å². The molecule has 0 spiro atoms. The van der Waals surface area contributed by atoms with E-state index in [2.05, 4.69) is 15.4 Å². The van der Waals surface area contributed by atoms with Crippen LogP contribution in [0.5, 0.6) is 0 Å². The van der Waals surface area contributed by atoms with Crippen LogP contribution in [0, 0.1) is 0 Å². The van der Waals surface area contributed by atoms with E-state index >= 15 is 0 Å². The largest absolute Gasteiger partial charge is 0.455 e. The Balaban J connectivity index is 1.41. The van der Waals surface area contributed by atoms with Crippen molar-refractivity contribution in [3.8, 4) is 11.3 Å². The monoisotopic (exact) mass is 476 g/mol. The minimum atomic E-state index is -4.79. The SMILES string of the molecule is O=C(NCCc1cccnc1)c1oc2c(c1C(F)(F)F)-c1nn(C[C@H]3COCCO3)cc1CC2. The van der Waals surface area contributed by atoms with Gasteiger partial charge in [-0.25, -0.2) is 0 Å². The van der Waals surface area contributed by atoms with Crippen LogP contribution in [0.3, 0.4) is 0 Å². The van der Waals surface area contributed by atoms with Gasteiger partial charge in [0.05, 0.1) is 37.6 Å². The van der Waals surface area contributed by atoms with Gasteiger partial charge >= 0.3 is 6.18 Å². The van der Waals surface area contributed by atoms with Crippen LogP contribution in [0.4, 0.5) is 13.2 Å². The molecule has 0 saturated carbocycles. The first-order valence-electron chi connectivity index (χ1n) is 11.1. The molecule has 0 unspecified atom stereocenters. The fourth-order valence-electron chi connectivity index (χ4n) is 4.33. The van der Waals surface area contributed by atoms with E-state index in [0.717, 1.165) is 5.56 Å². The Kier molecular flexibility index (Phi) is 6.13. The fraction of sp³-hybridized carbons (Fsp3) is 0.435. The summed E-state index contributed by atoms with van der Waals surface area (Å²) in [5.41, 5.74) is 0.512. The number of aromatic nitrogens is 3. The first kappa shape index (κ1) is 22.6. The number of alkyl halides is 3. The molecule has 0 aromatic carbocycles. The molecule has 3 aromatic rings. The number of furan rings is 1. The van der Waals surface area contributed by atoms with E-state index < -0.39 is 23.4 Å². The van der Waals surface area contributed by atoms with E-state index in [1.54, 1.807) is 29.3 Å². The maximum Gasteiger partial charge on any atom is 0.420 e. The predicted molar refractivity (Wildman–Crippen MR) is 113 cm³/mol. The van der Waals surface area contributed by atoms with E-state index in [4.69, 9.17) is 13.9 Å². The van der Waals surface area contributed by atoms with E-state index in [0.29, 0.717) is 44.8 Å². The molecular weight excluding hydrogens is 453 g/mol. The lowest BCUT2D eigenvalue weighted by Crippen LogP contribution is -2.32. The molecule has 1 fully saturated rings. The molecule has 1 amide bonds. The normalized spacial score (nSPS) is 17.8. The fourth-order valence-corrected chi connectivity index (χ4v) is 4.33. The molecule has 34 heavy (non-hydrogen) atoms. The Labute approximate surface area is 193 Å². The second kappa shape index (κ2) is 9.22. The van der Waals surface area contributed by atoms with Gasteiger partial charge in [-0.05, 0) is 30.0 Å². The molecule has 2 aliphatic rings. The number of amides is 1. The molecule has 1 aliphatic carbocycles. The number of hydrogen-bond acceptors (Lipinski definition) is 6. The van der Waals surface area contributed by atoms with Gasteiger partial charge in [0.2, 0.25) is 5.76 Å². The number of nitrogens with one attached hydrogen (secondary N) is 1. The lowest BCUT2D eigenvalue weighted by Gasteiger charge is -2.22. The van der Waals surface area contributed by atoms with Crippen molar-refractivity contribution in [2.75, 3.05) is 26.4 Å². The van der Waals surface area contributed by atoms with Gasteiger partial charge in [-0.15, -0.1) is 0 Å². The second-order valence-electron chi connectivity index (χ2n) is 8.26. The zero-order valence-electron chi connectivity index (χ0n) is 18.2. The van der Waals surface area contributed by atoms with Crippen molar-refractivity contribution < 1.29 is 31.9 Å². The van der Waals surface area contributed by atoms with Gasteiger partial charge in [-0.3, -0.25) is 14.5 Å². The van der Waals surface area contributed by atoms with Crippen LogP contribution in [-0.2, 0) is 41.5 Å². The van der Waals surface area contributed by atoms with Gasteiger partial charge in [0, 0.05) is 31.6 Å². The van der Waals surface area contributed by atoms with Gasteiger partial charge in [-0.2, -0.15) is 18.3 Å². The Bertz CT molecular complexity index is 1170. The zero-order valence-corrected chi connectivity index (χ0v) is 18.2. The number of fused-ring (bicyclic) bond motifs is 3. The molecule has 1 saturated heterocycles. The summed E-state index contributed by atoms with van der Waals surface area (Å²) in [6.07, 6.45) is 1.14. The second-order valence-corrected chi connectivity index (χ2v) is 8.26. The maximum atomic E-state index is 14.2. The molecule has 1 aliphatic heterocycles. The number of aryl methyl sites for hydroxylation is 2. The molecule has 0 bridgehead atoms. The number of nitrogens with zero attached hydrogens (tertiary/aromatic N) is 3. The van der Waals surface area contributed by atoms with Gasteiger partial charge in [0.25, 0.3) is 5.91 Å². The number of rotatable bonds is 6. The summed E-state index contributed by atoms with van der Waals surface area (Å²) in [5.74, 6) is -1.51. The molecule has 4 heterocycles. The lowest BCUT2D eigenvalue weighted by atomic mass is 9.93.